The molecule has 0 spiro atoms. The lowest BCUT2D eigenvalue weighted by atomic mass is 9.96. The third-order valence-electron chi connectivity index (χ3n) is 7.57. The number of aryl methyl sites for hydroxylation is 1. The highest BCUT2D eigenvalue weighted by molar-refractivity contribution is 7.98. The largest absolute Gasteiger partial charge is 0.491 e. The molecule has 252 valence electrons. The number of carbonyl (C=O) groups excluding carboxylic acids is 2. The number of nitrogens with two attached hydrogens (primary N) is 1. The van der Waals surface area contributed by atoms with Gasteiger partial charge in [-0.2, -0.15) is 11.8 Å². The van der Waals surface area contributed by atoms with Crippen LogP contribution in [-0.2, 0) is 16.0 Å². The van der Waals surface area contributed by atoms with Crippen molar-refractivity contribution in [3.05, 3.63) is 70.8 Å². The molecule has 0 bridgehead atoms. The number of anilines is 1. The number of carbonyl (C=O) groups is 2. The van der Waals surface area contributed by atoms with Crippen molar-refractivity contribution >= 4 is 41.4 Å². The molecule has 2 atom stereocenters. The summed E-state index contributed by atoms with van der Waals surface area (Å²) in [5.74, 6) is 2.74. The zero-order valence-electron chi connectivity index (χ0n) is 27.9. The average Bonchev–Trinajstić information content (AvgIpc) is 3.20. The molecule has 2 aromatic carbocycles. The Morgan fingerprint density at radius 2 is 1.98 bits per heavy atom. The molecule has 0 aliphatic carbocycles. The molecule has 0 aromatic heterocycles. The lowest BCUT2D eigenvalue weighted by molar-refractivity contribution is -0.131. The van der Waals surface area contributed by atoms with Gasteiger partial charge in [-0.25, -0.2) is 0 Å². The van der Waals surface area contributed by atoms with E-state index in [-0.39, 0.29) is 6.10 Å². The number of aliphatic hydroxyl groups is 1. The molecule has 0 saturated carbocycles. The number of nitrogens with zero attached hydrogens (tertiary/aromatic N) is 1. The SMILES string of the molecule is CC(C)OC=O.CC[C@@H](C/C=C/CCCSC)CCN1CC(CCCc2cccc(Cl)c2)COc2ccc(C(N)=O)cc21.CO. The number of hydrogen-bond acceptors (Lipinski definition) is 7. The zero-order valence-corrected chi connectivity index (χ0v) is 29.5. The van der Waals surface area contributed by atoms with Gasteiger partial charge in [-0.15, -0.1) is 0 Å². The van der Waals surface area contributed by atoms with Crippen LogP contribution in [0.25, 0.3) is 0 Å². The quantitative estimate of drug-likeness (QED) is 0.101. The fourth-order valence-electron chi connectivity index (χ4n) is 5.07. The molecule has 0 saturated heterocycles. The number of halogens is 1. The number of rotatable bonds is 17. The highest BCUT2D eigenvalue weighted by Crippen LogP contribution is 2.35. The molecule has 45 heavy (non-hydrogen) atoms. The topological polar surface area (TPSA) is 102 Å². The van der Waals surface area contributed by atoms with Crippen molar-refractivity contribution in [2.45, 2.75) is 78.2 Å². The summed E-state index contributed by atoms with van der Waals surface area (Å²) in [4.78, 5) is 23.7. The van der Waals surface area contributed by atoms with Crippen LogP contribution in [0.1, 0.15) is 81.6 Å². The number of benzene rings is 2. The number of thioether (sulfide) groups is 1. The molecule has 9 heteroatoms. The number of allylic oxidation sites excluding steroid dienone is 2. The number of hydrogen-bond donors (Lipinski definition) is 2. The first-order valence-corrected chi connectivity index (χ1v) is 17.8. The summed E-state index contributed by atoms with van der Waals surface area (Å²) in [6, 6.07) is 13.7. The molecule has 1 aliphatic heterocycles. The minimum Gasteiger partial charge on any atom is -0.491 e. The van der Waals surface area contributed by atoms with Crippen LogP contribution in [0.3, 0.4) is 0 Å². The van der Waals surface area contributed by atoms with Gasteiger partial charge in [0.2, 0.25) is 5.91 Å². The van der Waals surface area contributed by atoms with E-state index in [9.17, 15) is 9.59 Å². The standard InChI is InChI=1S/C31H43ClN2O2S.C4H8O2.CH4O/c1-3-24(10-6-4-5-7-19-37-2)17-18-34-22-26(13-8-11-25-12-9-14-28(32)20-25)23-36-30-16-15-27(31(33)35)21-29(30)34;1-4(2)6-3-5;1-2/h4,6,9,12,14-16,20-21,24,26H,3,5,7-8,10-11,13,17-19,22-23H2,1-2H3,(H2,33,35);3-4H,1-2H3;2H,1H3/b6-4+;;/t24-,26?;;/m0../s1. The molecule has 1 amide bonds. The fourth-order valence-corrected chi connectivity index (χ4v) is 5.74. The summed E-state index contributed by atoms with van der Waals surface area (Å²) in [5, 5.41) is 7.79. The molecular formula is C36H55ClN2O5S. The molecule has 7 nitrogen and oxygen atoms in total. The van der Waals surface area contributed by atoms with Gasteiger partial charge < -0.3 is 25.2 Å². The van der Waals surface area contributed by atoms with Gasteiger partial charge in [0.15, 0.2) is 0 Å². The van der Waals surface area contributed by atoms with Crippen LogP contribution in [0.15, 0.2) is 54.6 Å². The van der Waals surface area contributed by atoms with Crippen molar-refractivity contribution < 1.29 is 24.2 Å². The van der Waals surface area contributed by atoms with Crippen LogP contribution in [-0.4, -0.2) is 62.4 Å². The number of unbranched alkanes of at least 4 members (excludes halogenated alkanes) is 1. The molecular weight excluding hydrogens is 608 g/mol. The smallest absolute Gasteiger partial charge is 0.293 e. The van der Waals surface area contributed by atoms with Gasteiger partial charge in [-0.1, -0.05) is 49.2 Å². The Morgan fingerprint density at radius 3 is 2.60 bits per heavy atom. The minimum absolute atomic E-state index is 0.0301. The van der Waals surface area contributed by atoms with Crippen LogP contribution in [0.4, 0.5) is 5.69 Å². The molecule has 1 aliphatic rings. The lowest BCUT2D eigenvalue weighted by Crippen LogP contribution is -2.32. The third-order valence-corrected chi connectivity index (χ3v) is 8.50. The van der Waals surface area contributed by atoms with Gasteiger partial charge in [0.1, 0.15) is 5.75 Å². The summed E-state index contributed by atoms with van der Waals surface area (Å²) in [5.41, 5.74) is 8.42. The van der Waals surface area contributed by atoms with E-state index in [0.717, 1.165) is 75.2 Å². The highest BCUT2D eigenvalue weighted by Gasteiger charge is 2.24. The second kappa shape index (κ2) is 24.5. The summed E-state index contributed by atoms with van der Waals surface area (Å²) in [6.07, 6.45) is 15.9. The highest BCUT2D eigenvalue weighted by atomic mass is 35.5. The van der Waals surface area contributed by atoms with Crippen LogP contribution in [0, 0.1) is 11.8 Å². The van der Waals surface area contributed by atoms with Gasteiger partial charge in [0.25, 0.3) is 6.47 Å². The van der Waals surface area contributed by atoms with Crippen LogP contribution >= 0.6 is 23.4 Å². The van der Waals surface area contributed by atoms with E-state index in [0.29, 0.717) is 30.5 Å². The number of aliphatic hydroxyl groups excluding tert-OH is 1. The van der Waals surface area contributed by atoms with E-state index in [1.165, 1.54) is 24.2 Å². The normalized spacial score (nSPS) is 14.7. The maximum Gasteiger partial charge on any atom is 0.293 e. The monoisotopic (exact) mass is 662 g/mol. The second-order valence-corrected chi connectivity index (χ2v) is 12.8. The molecule has 1 heterocycles. The first-order chi connectivity index (χ1) is 21.8. The van der Waals surface area contributed by atoms with Crippen molar-refractivity contribution in [2.75, 3.05) is 43.7 Å². The summed E-state index contributed by atoms with van der Waals surface area (Å²) >= 11 is 8.08. The summed E-state index contributed by atoms with van der Waals surface area (Å²) < 4.78 is 10.6. The third kappa shape index (κ3) is 17.0. The van der Waals surface area contributed by atoms with Gasteiger partial charge in [-0.3, -0.25) is 9.59 Å². The average molecular weight is 663 g/mol. The first-order valence-electron chi connectivity index (χ1n) is 16.0. The number of fused-ring (bicyclic) bond motifs is 1. The Labute approximate surface area is 280 Å². The van der Waals surface area contributed by atoms with E-state index in [1.54, 1.807) is 19.9 Å². The Bertz CT molecular complexity index is 1130. The van der Waals surface area contributed by atoms with Gasteiger partial charge in [0, 0.05) is 36.7 Å². The maximum absolute atomic E-state index is 11.9. The fraction of sp³-hybridized carbons (Fsp3) is 0.556. The Hall–Kier alpha value is -2.68. The minimum atomic E-state index is -0.400. The molecule has 3 rings (SSSR count). The van der Waals surface area contributed by atoms with E-state index < -0.39 is 5.91 Å². The number of amides is 1. The maximum atomic E-state index is 11.9. The lowest BCUT2D eigenvalue weighted by Gasteiger charge is -2.28. The van der Waals surface area contributed by atoms with Crippen molar-refractivity contribution in [1.29, 1.82) is 0 Å². The second-order valence-electron chi connectivity index (χ2n) is 11.4. The summed E-state index contributed by atoms with van der Waals surface area (Å²) in [6.45, 7) is 8.89. The van der Waals surface area contributed by atoms with Gasteiger partial charge >= 0.3 is 0 Å². The Morgan fingerprint density at radius 1 is 1.20 bits per heavy atom. The predicted octanol–water partition coefficient (Wildman–Crippen LogP) is 7.96. The van der Waals surface area contributed by atoms with Crippen molar-refractivity contribution in [1.82, 2.24) is 0 Å². The Kier molecular flexibility index (Phi) is 22.0. The number of ether oxygens (including phenoxy) is 2. The van der Waals surface area contributed by atoms with Crippen molar-refractivity contribution in [2.24, 2.45) is 17.6 Å². The van der Waals surface area contributed by atoms with Gasteiger partial charge in [-0.05, 0) is 113 Å². The molecule has 2 aromatic rings. The molecule has 3 N–H and O–H groups in total. The van der Waals surface area contributed by atoms with Crippen molar-refractivity contribution in [3.8, 4) is 5.75 Å². The van der Waals surface area contributed by atoms with E-state index >= 15 is 0 Å². The number of primary amides is 1. The van der Waals surface area contributed by atoms with Crippen molar-refractivity contribution in [3.63, 3.8) is 0 Å². The molecule has 0 radical (unpaired) electrons. The van der Waals surface area contributed by atoms with E-state index in [4.69, 9.17) is 27.2 Å². The Balaban J connectivity index is 0.00000113. The van der Waals surface area contributed by atoms with Crippen LogP contribution < -0.4 is 15.4 Å². The zero-order chi connectivity index (χ0) is 33.5. The molecule has 1 unspecified atom stereocenters. The van der Waals surface area contributed by atoms with E-state index in [1.807, 2.05) is 36.0 Å². The van der Waals surface area contributed by atoms with Crippen LogP contribution in [0.5, 0.6) is 5.75 Å². The predicted molar refractivity (Wildman–Crippen MR) is 191 cm³/mol. The summed E-state index contributed by atoms with van der Waals surface area (Å²) in [7, 11) is 1.00. The van der Waals surface area contributed by atoms with E-state index in [2.05, 4.69) is 47.1 Å². The van der Waals surface area contributed by atoms with Gasteiger partial charge in [0.05, 0.1) is 18.4 Å². The first kappa shape index (κ1) is 40.3. The molecule has 0 fully saturated rings. The van der Waals surface area contributed by atoms with Crippen LogP contribution in [0.2, 0.25) is 5.02 Å².